The van der Waals surface area contributed by atoms with Crippen molar-refractivity contribution in [2.75, 3.05) is 13.1 Å². The fourth-order valence-corrected chi connectivity index (χ4v) is 3.77. The Balaban J connectivity index is 0.00000176. The van der Waals surface area contributed by atoms with Gasteiger partial charge in [0.05, 0.1) is 6.04 Å². The van der Waals surface area contributed by atoms with Crippen LogP contribution in [0.4, 0.5) is 0 Å². The van der Waals surface area contributed by atoms with Crippen molar-refractivity contribution in [1.29, 1.82) is 0 Å². The number of hydrogen-bond donors (Lipinski definition) is 1. The van der Waals surface area contributed by atoms with Gasteiger partial charge in [0.25, 0.3) is 0 Å². The molecule has 2 aliphatic heterocycles. The minimum atomic E-state index is 0. The van der Waals surface area contributed by atoms with Crippen molar-refractivity contribution < 1.29 is 4.79 Å². The Kier molecular flexibility index (Phi) is 6.54. The smallest absolute Gasteiger partial charge is 0.223 e. The summed E-state index contributed by atoms with van der Waals surface area (Å²) < 4.78 is 0. The normalized spacial score (nSPS) is 24.3. The zero-order valence-electron chi connectivity index (χ0n) is 12.8. The van der Waals surface area contributed by atoms with E-state index in [0.29, 0.717) is 18.4 Å². The number of nitrogens with zero attached hydrogens (tertiary/aromatic N) is 1. The van der Waals surface area contributed by atoms with Crippen LogP contribution in [0.3, 0.4) is 0 Å². The molecule has 1 aromatic carbocycles. The summed E-state index contributed by atoms with van der Waals surface area (Å²) in [4.78, 5) is 14.6. The molecule has 1 aromatic rings. The summed E-state index contributed by atoms with van der Waals surface area (Å²) in [6.07, 6.45) is 6.23. The molecule has 2 fully saturated rings. The second-order valence-corrected chi connectivity index (χ2v) is 6.57. The fraction of sp³-hybridized carbons (Fsp3) is 0.588. The largest absolute Gasteiger partial charge is 0.336 e. The molecule has 1 amide bonds. The summed E-state index contributed by atoms with van der Waals surface area (Å²) in [6, 6.07) is 8.70. The van der Waals surface area contributed by atoms with Crippen LogP contribution in [0, 0.1) is 0 Å². The molecule has 22 heavy (non-hydrogen) atoms. The maximum Gasteiger partial charge on any atom is 0.223 e. The second kappa shape index (κ2) is 8.19. The van der Waals surface area contributed by atoms with Gasteiger partial charge >= 0.3 is 0 Å². The first-order valence-electron chi connectivity index (χ1n) is 8.02. The van der Waals surface area contributed by atoms with E-state index in [9.17, 15) is 4.79 Å². The Morgan fingerprint density at radius 3 is 2.91 bits per heavy atom. The van der Waals surface area contributed by atoms with Gasteiger partial charge in [-0.05, 0) is 56.3 Å². The van der Waals surface area contributed by atoms with Crippen molar-refractivity contribution in [3.63, 3.8) is 0 Å². The van der Waals surface area contributed by atoms with E-state index >= 15 is 0 Å². The molecule has 122 valence electrons. The SMILES string of the molecule is Cl.O=C(CCC1CCCN1)N1CCCC1c1cccc(Cl)c1. The van der Waals surface area contributed by atoms with Crippen LogP contribution < -0.4 is 5.32 Å². The van der Waals surface area contributed by atoms with E-state index in [2.05, 4.69) is 16.3 Å². The third kappa shape index (κ3) is 4.15. The van der Waals surface area contributed by atoms with Crippen LogP contribution in [0.5, 0.6) is 0 Å². The highest BCUT2D eigenvalue weighted by atomic mass is 35.5. The van der Waals surface area contributed by atoms with Gasteiger partial charge in [0, 0.05) is 24.0 Å². The molecular formula is C17H24Cl2N2O. The standard InChI is InChI=1S/C17H23ClN2O.ClH/c18-14-5-1-4-13(12-14)16-7-3-11-20(16)17(21)9-8-15-6-2-10-19-15;/h1,4-5,12,15-16,19H,2-3,6-11H2;1H. The van der Waals surface area contributed by atoms with Crippen LogP contribution in [0.25, 0.3) is 0 Å². The molecule has 3 nitrogen and oxygen atoms in total. The molecule has 0 saturated carbocycles. The third-order valence-electron chi connectivity index (χ3n) is 4.68. The lowest BCUT2D eigenvalue weighted by Crippen LogP contribution is -2.32. The van der Waals surface area contributed by atoms with E-state index in [4.69, 9.17) is 11.6 Å². The average molecular weight is 343 g/mol. The number of carbonyl (C=O) groups is 1. The van der Waals surface area contributed by atoms with Gasteiger partial charge in [-0.25, -0.2) is 0 Å². The Bertz CT molecular complexity index is 503. The highest BCUT2D eigenvalue weighted by Crippen LogP contribution is 2.33. The van der Waals surface area contributed by atoms with E-state index in [1.54, 1.807) is 0 Å². The predicted octanol–water partition coefficient (Wildman–Crippen LogP) is 3.96. The number of hydrogen-bond acceptors (Lipinski definition) is 2. The molecule has 2 aliphatic rings. The third-order valence-corrected chi connectivity index (χ3v) is 4.91. The van der Waals surface area contributed by atoms with Gasteiger partial charge in [0.1, 0.15) is 0 Å². The van der Waals surface area contributed by atoms with Gasteiger partial charge < -0.3 is 10.2 Å². The van der Waals surface area contributed by atoms with Gasteiger partial charge in [0.2, 0.25) is 5.91 Å². The first-order valence-corrected chi connectivity index (χ1v) is 8.40. The Morgan fingerprint density at radius 2 is 2.18 bits per heavy atom. The van der Waals surface area contributed by atoms with Crippen LogP contribution in [-0.2, 0) is 4.79 Å². The molecule has 0 bridgehead atoms. The van der Waals surface area contributed by atoms with Crippen molar-refractivity contribution in [3.05, 3.63) is 34.9 Å². The maximum absolute atomic E-state index is 12.5. The maximum atomic E-state index is 12.5. The summed E-state index contributed by atoms with van der Waals surface area (Å²) in [5, 5.41) is 4.22. The summed E-state index contributed by atoms with van der Waals surface area (Å²) in [6.45, 7) is 1.99. The zero-order valence-corrected chi connectivity index (χ0v) is 14.3. The van der Waals surface area contributed by atoms with Gasteiger partial charge in [0.15, 0.2) is 0 Å². The molecular weight excluding hydrogens is 319 g/mol. The van der Waals surface area contributed by atoms with Crippen LogP contribution in [0.2, 0.25) is 5.02 Å². The van der Waals surface area contributed by atoms with Gasteiger partial charge in [-0.2, -0.15) is 0 Å². The Labute approximate surface area is 143 Å². The number of nitrogens with one attached hydrogen (secondary N) is 1. The minimum absolute atomic E-state index is 0. The van der Waals surface area contributed by atoms with E-state index < -0.39 is 0 Å². The highest BCUT2D eigenvalue weighted by molar-refractivity contribution is 6.30. The quantitative estimate of drug-likeness (QED) is 0.898. The lowest BCUT2D eigenvalue weighted by Gasteiger charge is -2.26. The summed E-state index contributed by atoms with van der Waals surface area (Å²) >= 11 is 6.09. The average Bonchev–Trinajstić information content (AvgIpc) is 3.16. The molecule has 1 N–H and O–H groups in total. The van der Waals surface area contributed by atoms with Crippen LogP contribution >= 0.6 is 24.0 Å². The molecule has 0 aromatic heterocycles. The summed E-state index contributed by atoms with van der Waals surface area (Å²) in [5.41, 5.74) is 1.17. The van der Waals surface area contributed by atoms with E-state index in [1.807, 2.05) is 18.2 Å². The monoisotopic (exact) mass is 342 g/mol. The highest BCUT2D eigenvalue weighted by Gasteiger charge is 2.30. The first-order chi connectivity index (χ1) is 10.2. The van der Waals surface area contributed by atoms with Crippen molar-refractivity contribution >= 4 is 29.9 Å². The number of rotatable bonds is 4. The van der Waals surface area contributed by atoms with Crippen molar-refractivity contribution in [2.24, 2.45) is 0 Å². The summed E-state index contributed by atoms with van der Waals surface area (Å²) in [7, 11) is 0. The number of likely N-dealkylation sites (tertiary alicyclic amines) is 1. The molecule has 2 atom stereocenters. The van der Waals surface area contributed by atoms with Gasteiger partial charge in [-0.1, -0.05) is 23.7 Å². The van der Waals surface area contributed by atoms with Gasteiger partial charge in [-0.3, -0.25) is 4.79 Å². The van der Waals surface area contributed by atoms with E-state index in [1.165, 1.54) is 18.4 Å². The summed E-state index contributed by atoms with van der Waals surface area (Å²) in [5.74, 6) is 0.297. The van der Waals surface area contributed by atoms with Crippen molar-refractivity contribution in [3.8, 4) is 0 Å². The molecule has 3 rings (SSSR count). The Morgan fingerprint density at radius 1 is 1.32 bits per heavy atom. The molecule has 0 radical (unpaired) electrons. The fourth-order valence-electron chi connectivity index (χ4n) is 3.57. The molecule has 2 saturated heterocycles. The second-order valence-electron chi connectivity index (χ2n) is 6.13. The number of carbonyl (C=O) groups excluding carboxylic acids is 1. The Hall–Kier alpha value is -0.770. The molecule has 5 heteroatoms. The number of benzene rings is 1. The van der Waals surface area contributed by atoms with E-state index in [0.717, 1.165) is 37.4 Å². The predicted molar refractivity (Wildman–Crippen MR) is 92.6 cm³/mol. The first kappa shape index (κ1) is 17.6. The van der Waals surface area contributed by atoms with Crippen LogP contribution in [0.1, 0.15) is 50.1 Å². The molecule has 2 unspecified atom stereocenters. The molecule has 2 heterocycles. The molecule has 0 spiro atoms. The van der Waals surface area contributed by atoms with Crippen molar-refractivity contribution in [2.45, 2.75) is 50.6 Å². The zero-order chi connectivity index (χ0) is 14.7. The number of halogens is 2. The van der Waals surface area contributed by atoms with Crippen LogP contribution in [-0.4, -0.2) is 29.9 Å². The number of amides is 1. The van der Waals surface area contributed by atoms with E-state index in [-0.39, 0.29) is 18.4 Å². The molecule has 0 aliphatic carbocycles. The minimum Gasteiger partial charge on any atom is -0.336 e. The van der Waals surface area contributed by atoms with Gasteiger partial charge in [-0.15, -0.1) is 12.4 Å². The van der Waals surface area contributed by atoms with Crippen LogP contribution in [0.15, 0.2) is 24.3 Å². The lowest BCUT2D eigenvalue weighted by molar-refractivity contribution is -0.132. The van der Waals surface area contributed by atoms with Crippen molar-refractivity contribution in [1.82, 2.24) is 10.2 Å². The topological polar surface area (TPSA) is 32.3 Å². The lowest BCUT2D eigenvalue weighted by atomic mass is 10.0.